The van der Waals surface area contributed by atoms with Crippen LogP contribution >= 0.6 is 0 Å². The van der Waals surface area contributed by atoms with Crippen LogP contribution in [0, 0.1) is 5.92 Å². The Kier molecular flexibility index (Phi) is 10.0. The van der Waals surface area contributed by atoms with Crippen LogP contribution < -0.4 is 0 Å². The van der Waals surface area contributed by atoms with Crippen molar-refractivity contribution in [1.29, 1.82) is 0 Å². The molecule has 6 nitrogen and oxygen atoms in total. The minimum atomic E-state index is -6.83. The lowest BCUT2D eigenvalue weighted by atomic mass is 10.0. The molecule has 22 heteroatoms. The maximum absolute atomic E-state index is 13.6. The van der Waals surface area contributed by atoms with Gasteiger partial charge in [-0.2, -0.15) is 52.7 Å². The molecule has 1 rings (SSSR count). The number of hydrogen-bond donors (Lipinski definition) is 0. The quantitative estimate of drug-likeness (QED) is 0.218. The number of esters is 2. The van der Waals surface area contributed by atoms with E-state index in [-0.39, 0.29) is 0 Å². The number of carbonyl (C=O) groups excluding carboxylic acids is 2. The number of carbonyl (C=O) groups is 2. The molecule has 0 radical (unpaired) electrons. The van der Waals surface area contributed by atoms with Gasteiger partial charge < -0.3 is 18.9 Å². The van der Waals surface area contributed by atoms with Gasteiger partial charge in [-0.1, -0.05) is 0 Å². The molecule has 236 valence electrons. The van der Waals surface area contributed by atoms with E-state index in [0.29, 0.717) is 0 Å². The fraction of sp³-hybridized carbons (Fsp3) is 0.889. The molecule has 1 aliphatic heterocycles. The van der Waals surface area contributed by atoms with Gasteiger partial charge in [-0.15, -0.1) is 0 Å². The Morgan fingerprint density at radius 1 is 0.725 bits per heavy atom. The summed E-state index contributed by atoms with van der Waals surface area (Å²) in [7, 11) is 0. The fourth-order valence-electron chi connectivity index (χ4n) is 2.66. The van der Waals surface area contributed by atoms with E-state index in [9.17, 15) is 79.8 Å². The van der Waals surface area contributed by atoms with Crippen molar-refractivity contribution in [3.63, 3.8) is 0 Å². The van der Waals surface area contributed by atoms with Crippen molar-refractivity contribution in [3.05, 3.63) is 0 Å². The van der Waals surface area contributed by atoms with E-state index in [1.54, 1.807) is 0 Å². The van der Waals surface area contributed by atoms with Crippen molar-refractivity contribution in [2.24, 2.45) is 5.92 Å². The summed E-state index contributed by atoms with van der Waals surface area (Å²) < 4.78 is 225. The number of halogens is 16. The first-order chi connectivity index (χ1) is 17.6. The van der Waals surface area contributed by atoms with Gasteiger partial charge in [-0.3, -0.25) is 4.79 Å². The summed E-state index contributed by atoms with van der Waals surface area (Å²) >= 11 is 0. The fourth-order valence-corrected chi connectivity index (χ4v) is 2.66. The summed E-state index contributed by atoms with van der Waals surface area (Å²) in [5.41, 5.74) is 0. The lowest BCUT2D eigenvalue weighted by Crippen LogP contribution is -2.60. The predicted octanol–water partition coefficient (Wildman–Crippen LogP) is 5.18. The Morgan fingerprint density at radius 2 is 1.07 bits per heavy atom. The molecule has 2 atom stereocenters. The SMILES string of the molecule is CC1(C)OC[C@@H](C(=O)OCC(F)(F)C(F)(F)C(F)(F)C(F)F)[C@H](C(=O)OCC(F)(F)C(F)(F)C(F)(F)C(F)F)O1. The van der Waals surface area contributed by atoms with Crippen LogP contribution in [0.15, 0.2) is 0 Å². The zero-order valence-corrected chi connectivity index (χ0v) is 19.4. The molecule has 0 bridgehead atoms. The standard InChI is InChI=1S/C18H16F16O6/c1-12(2)39-3-6(8(35)37-4-13(23,24)17(31,32)15(27,28)10(19)20)7(40-12)9(36)38-5-14(25,26)18(33,34)16(29,30)11(21)22/h6-7,10-11H,3-5H2,1-2H3/t6-,7-/m1/s1. The van der Waals surface area contributed by atoms with Crippen LogP contribution in [0.3, 0.4) is 0 Å². The minimum absolute atomic E-state index is 0.919. The molecule has 0 aromatic carbocycles. The lowest BCUT2D eigenvalue weighted by molar-refractivity contribution is -0.346. The van der Waals surface area contributed by atoms with Crippen LogP contribution in [0.5, 0.6) is 0 Å². The Labute approximate surface area is 211 Å². The van der Waals surface area contributed by atoms with Crippen LogP contribution in [0.1, 0.15) is 13.8 Å². The van der Waals surface area contributed by atoms with Gasteiger partial charge >= 0.3 is 60.3 Å². The summed E-state index contributed by atoms with van der Waals surface area (Å²) in [5.74, 6) is -48.6. The molecule has 1 aliphatic rings. The van der Waals surface area contributed by atoms with Crippen LogP contribution in [-0.2, 0) is 28.5 Å². The summed E-state index contributed by atoms with van der Waals surface area (Å²) in [6.45, 7) is -5.49. The molecule has 0 aromatic heterocycles. The molecule has 0 N–H and O–H groups in total. The van der Waals surface area contributed by atoms with Gasteiger partial charge in [0, 0.05) is 0 Å². The van der Waals surface area contributed by atoms with Crippen molar-refractivity contribution in [1.82, 2.24) is 0 Å². The molecule has 1 heterocycles. The largest absolute Gasteiger partial charge is 0.459 e. The van der Waals surface area contributed by atoms with E-state index in [1.165, 1.54) is 0 Å². The van der Waals surface area contributed by atoms with E-state index >= 15 is 0 Å². The van der Waals surface area contributed by atoms with Gasteiger partial charge in [0.05, 0.1) is 6.61 Å². The normalized spacial score (nSPS) is 21.5. The maximum atomic E-state index is 13.6. The third kappa shape index (κ3) is 6.62. The zero-order valence-electron chi connectivity index (χ0n) is 19.4. The second-order valence-corrected chi connectivity index (χ2v) is 8.48. The number of hydrogen-bond acceptors (Lipinski definition) is 6. The summed E-state index contributed by atoms with van der Waals surface area (Å²) in [4.78, 5) is 24.2. The molecular weight excluding hydrogens is 616 g/mol. The van der Waals surface area contributed by atoms with Gasteiger partial charge in [0.15, 0.2) is 25.1 Å². The smallest absolute Gasteiger partial charge is 0.381 e. The molecule has 40 heavy (non-hydrogen) atoms. The van der Waals surface area contributed by atoms with Crippen LogP contribution in [0.2, 0.25) is 0 Å². The summed E-state index contributed by atoms with van der Waals surface area (Å²) in [5, 5.41) is 0. The van der Waals surface area contributed by atoms with E-state index in [4.69, 9.17) is 9.47 Å². The highest BCUT2D eigenvalue weighted by molar-refractivity contribution is 5.84. The monoisotopic (exact) mass is 632 g/mol. The number of rotatable bonds is 12. The first-order valence-electron chi connectivity index (χ1n) is 10.1. The minimum Gasteiger partial charge on any atom is -0.459 e. The second kappa shape index (κ2) is 11.2. The Bertz CT molecular complexity index is 922. The van der Waals surface area contributed by atoms with Gasteiger partial charge in [0.25, 0.3) is 0 Å². The second-order valence-electron chi connectivity index (χ2n) is 8.48. The molecule has 0 aliphatic carbocycles. The molecule has 1 saturated heterocycles. The van der Waals surface area contributed by atoms with Crippen molar-refractivity contribution in [3.8, 4) is 0 Å². The highest BCUT2D eigenvalue weighted by atomic mass is 19.4. The van der Waals surface area contributed by atoms with Crippen LogP contribution in [-0.4, -0.2) is 92.0 Å². The van der Waals surface area contributed by atoms with Crippen LogP contribution in [0.25, 0.3) is 0 Å². The molecule has 0 amide bonds. The number of alkyl halides is 16. The summed E-state index contributed by atoms with van der Waals surface area (Å²) in [6.07, 6.45) is -13.4. The highest BCUT2D eigenvalue weighted by Crippen LogP contribution is 2.50. The topological polar surface area (TPSA) is 71.1 Å². The van der Waals surface area contributed by atoms with Gasteiger partial charge in [0.1, 0.15) is 5.92 Å². The van der Waals surface area contributed by atoms with Crippen LogP contribution in [0.4, 0.5) is 70.2 Å². The molecule has 0 unspecified atom stereocenters. The molecule has 0 saturated carbocycles. The Balaban J connectivity index is 3.11. The third-order valence-electron chi connectivity index (χ3n) is 5.02. The van der Waals surface area contributed by atoms with Gasteiger partial charge in [-0.05, 0) is 13.8 Å². The molecule has 0 spiro atoms. The number of ether oxygens (including phenoxy) is 4. The van der Waals surface area contributed by atoms with Crippen molar-refractivity contribution >= 4 is 11.9 Å². The van der Waals surface area contributed by atoms with E-state index in [2.05, 4.69) is 9.47 Å². The van der Waals surface area contributed by atoms with Gasteiger partial charge in [-0.25, -0.2) is 22.4 Å². The third-order valence-corrected chi connectivity index (χ3v) is 5.02. The molecule has 1 fully saturated rings. The van der Waals surface area contributed by atoms with Gasteiger partial charge in [0.2, 0.25) is 0 Å². The van der Waals surface area contributed by atoms with E-state index in [0.717, 1.165) is 13.8 Å². The van der Waals surface area contributed by atoms with E-state index in [1.807, 2.05) is 0 Å². The molecular formula is C18H16F16O6. The molecule has 0 aromatic rings. The van der Waals surface area contributed by atoms with E-state index < -0.39 is 98.0 Å². The lowest BCUT2D eigenvalue weighted by Gasteiger charge is -2.39. The highest BCUT2D eigenvalue weighted by Gasteiger charge is 2.77. The van der Waals surface area contributed by atoms with Crippen molar-refractivity contribution in [2.45, 2.75) is 74.1 Å². The maximum Gasteiger partial charge on any atom is 0.381 e. The first kappa shape index (κ1) is 35.8. The van der Waals surface area contributed by atoms with Crippen molar-refractivity contribution < 1.29 is 98.8 Å². The first-order valence-corrected chi connectivity index (χ1v) is 10.1. The van der Waals surface area contributed by atoms with Crippen molar-refractivity contribution in [2.75, 3.05) is 19.8 Å². The Hall–Kier alpha value is -2.26. The average molecular weight is 632 g/mol. The average Bonchev–Trinajstić information content (AvgIpc) is 2.79. The summed E-state index contributed by atoms with van der Waals surface area (Å²) in [6, 6.07) is 0. The predicted molar refractivity (Wildman–Crippen MR) is 92.0 cm³/mol. The zero-order chi connectivity index (χ0) is 31.9. The Morgan fingerprint density at radius 3 is 1.43 bits per heavy atom.